The first-order valence-corrected chi connectivity index (χ1v) is 8.60. The minimum Gasteiger partial charge on any atom is -0.508 e. The fourth-order valence-corrected chi connectivity index (χ4v) is 4.28. The molecule has 0 saturated carbocycles. The highest BCUT2D eigenvalue weighted by molar-refractivity contribution is 8.00. The quantitative estimate of drug-likeness (QED) is 0.571. The molecule has 0 spiro atoms. The van der Waals surface area contributed by atoms with Crippen LogP contribution in [0.2, 0.25) is 0 Å². The smallest absolute Gasteiger partial charge is 0.315 e. The standard InChI is InChI=1S/C12H10O9S2/c13-7-2-4-11(10(16)5-7)22(17,18)21-23(19,20)12-6-8(14)1-3-9(12)15/h1-6,13-16H. The predicted molar refractivity (Wildman–Crippen MR) is 75.0 cm³/mol. The highest BCUT2D eigenvalue weighted by Gasteiger charge is 2.31. The van der Waals surface area contributed by atoms with E-state index in [1.165, 1.54) is 0 Å². The molecule has 0 aliphatic rings. The molecule has 2 aromatic rings. The average Bonchev–Trinajstić information content (AvgIpc) is 2.39. The molecule has 2 aromatic carbocycles. The fraction of sp³-hybridized carbons (Fsp3) is 0. The van der Waals surface area contributed by atoms with E-state index >= 15 is 0 Å². The van der Waals surface area contributed by atoms with Gasteiger partial charge < -0.3 is 20.4 Å². The predicted octanol–water partition coefficient (Wildman–Crippen LogP) is 0.603. The van der Waals surface area contributed by atoms with E-state index in [2.05, 4.69) is 3.63 Å². The molecule has 0 saturated heterocycles. The second-order valence-electron chi connectivity index (χ2n) is 4.28. The van der Waals surface area contributed by atoms with Crippen molar-refractivity contribution in [3.8, 4) is 23.0 Å². The molecule has 0 aromatic heterocycles. The van der Waals surface area contributed by atoms with Crippen LogP contribution in [0, 0.1) is 0 Å². The summed E-state index contributed by atoms with van der Waals surface area (Å²) in [5.74, 6) is -2.77. The lowest BCUT2D eigenvalue weighted by Gasteiger charge is -2.09. The number of rotatable bonds is 4. The third-order valence-electron chi connectivity index (χ3n) is 2.60. The Labute approximate surface area is 130 Å². The summed E-state index contributed by atoms with van der Waals surface area (Å²) in [6, 6.07) is 4.71. The van der Waals surface area contributed by atoms with Crippen LogP contribution in [-0.2, 0) is 23.9 Å². The van der Waals surface area contributed by atoms with Gasteiger partial charge in [0.1, 0.15) is 32.8 Å². The van der Waals surface area contributed by atoms with Gasteiger partial charge in [0.25, 0.3) is 0 Å². The largest absolute Gasteiger partial charge is 0.508 e. The van der Waals surface area contributed by atoms with Gasteiger partial charge in [-0.3, -0.25) is 0 Å². The summed E-state index contributed by atoms with van der Waals surface area (Å²) >= 11 is 0. The number of hydrogen-bond donors (Lipinski definition) is 4. The molecular formula is C12H10O9S2. The molecule has 4 N–H and O–H groups in total. The Hall–Kier alpha value is -2.50. The van der Waals surface area contributed by atoms with Crippen LogP contribution < -0.4 is 0 Å². The van der Waals surface area contributed by atoms with Crippen molar-refractivity contribution in [2.45, 2.75) is 9.79 Å². The van der Waals surface area contributed by atoms with E-state index < -0.39 is 53.0 Å². The Morgan fingerprint density at radius 2 is 1.17 bits per heavy atom. The minimum absolute atomic E-state index is 0.449. The number of phenolic OH excluding ortho intramolecular Hbond substituents is 4. The van der Waals surface area contributed by atoms with Gasteiger partial charge in [0.05, 0.1) is 0 Å². The maximum absolute atomic E-state index is 12.0. The fourth-order valence-electron chi connectivity index (χ4n) is 1.61. The summed E-state index contributed by atoms with van der Waals surface area (Å²) in [4.78, 5) is -1.88. The molecule has 11 heteroatoms. The van der Waals surface area contributed by atoms with Crippen molar-refractivity contribution in [2.24, 2.45) is 0 Å². The van der Waals surface area contributed by atoms with Gasteiger partial charge in [0.15, 0.2) is 0 Å². The molecule has 0 heterocycles. The monoisotopic (exact) mass is 362 g/mol. The zero-order valence-electron chi connectivity index (χ0n) is 11.1. The van der Waals surface area contributed by atoms with Crippen LogP contribution in [-0.4, -0.2) is 37.3 Å². The van der Waals surface area contributed by atoms with Crippen molar-refractivity contribution in [3.63, 3.8) is 0 Å². The Morgan fingerprint density at radius 1 is 0.652 bits per heavy atom. The highest BCUT2D eigenvalue weighted by atomic mass is 32.3. The summed E-state index contributed by atoms with van der Waals surface area (Å²) in [6.45, 7) is 0. The number of hydrogen-bond acceptors (Lipinski definition) is 9. The molecule has 0 amide bonds. The molecular weight excluding hydrogens is 352 g/mol. The Kier molecular flexibility index (Phi) is 4.11. The maximum Gasteiger partial charge on any atom is 0.315 e. The van der Waals surface area contributed by atoms with Crippen molar-refractivity contribution in [1.82, 2.24) is 0 Å². The van der Waals surface area contributed by atoms with Crippen LogP contribution in [0.25, 0.3) is 0 Å². The van der Waals surface area contributed by atoms with E-state index in [-0.39, 0.29) is 0 Å². The normalized spacial score (nSPS) is 12.2. The second-order valence-corrected chi connectivity index (χ2v) is 7.52. The minimum atomic E-state index is -5.02. The van der Waals surface area contributed by atoms with Gasteiger partial charge in [-0.15, -0.1) is 3.63 Å². The lowest BCUT2D eigenvalue weighted by molar-refractivity contribution is 0.423. The first kappa shape index (κ1) is 16.9. The first-order valence-electron chi connectivity index (χ1n) is 5.78. The summed E-state index contributed by atoms with van der Waals surface area (Å²) in [6.07, 6.45) is 0. The van der Waals surface area contributed by atoms with Crippen molar-refractivity contribution in [3.05, 3.63) is 36.4 Å². The van der Waals surface area contributed by atoms with E-state index in [0.717, 1.165) is 24.3 Å². The number of aromatic hydroxyl groups is 4. The van der Waals surface area contributed by atoms with Gasteiger partial charge in [-0.25, -0.2) is 0 Å². The van der Waals surface area contributed by atoms with Gasteiger partial charge >= 0.3 is 20.2 Å². The first-order chi connectivity index (χ1) is 10.5. The summed E-state index contributed by atoms with van der Waals surface area (Å²) in [5, 5.41) is 37.3. The Bertz CT molecular complexity index is 962. The molecule has 9 nitrogen and oxygen atoms in total. The molecule has 0 unspecified atom stereocenters. The summed E-state index contributed by atoms with van der Waals surface area (Å²) in [7, 11) is -10.0. The average molecular weight is 362 g/mol. The SMILES string of the molecule is O=S(=O)(OS(=O)(=O)c1cc(O)ccc1O)c1ccc(O)cc1O. The summed E-state index contributed by atoms with van der Waals surface area (Å²) < 4.78 is 51.9. The van der Waals surface area contributed by atoms with E-state index in [4.69, 9.17) is 5.11 Å². The van der Waals surface area contributed by atoms with Crippen LogP contribution in [0.15, 0.2) is 46.2 Å². The van der Waals surface area contributed by atoms with Crippen molar-refractivity contribution >= 4 is 20.2 Å². The molecule has 0 bridgehead atoms. The Morgan fingerprint density at radius 3 is 1.78 bits per heavy atom. The number of benzene rings is 2. The third-order valence-corrected chi connectivity index (χ3v) is 5.79. The maximum atomic E-state index is 12.0. The molecule has 2 rings (SSSR count). The Balaban J connectivity index is 2.49. The van der Waals surface area contributed by atoms with E-state index in [0.29, 0.717) is 12.1 Å². The zero-order valence-corrected chi connectivity index (χ0v) is 12.7. The lowest BCUT2D eigenvalue weighted by atomic mass is 10.3. The van der Waals surface area contributed by atoms with Crippen LogP contribution in [0.3, 0.4) is 0 Å². The van der Waals surface area contributed by atoms with E-state index in [1.807, 2.05) is 0 Å². The topological polar surface area (TPSA) is 158 Å². The molecule has 23 heavy (non-hydrogen) atoms. The number of phenols is 4. The molecule has 0 radical (unpaired) electrons. The van der Waals surface area contributed by atoms with Crippen LogP contribution in [0.4, 0.5) is 0 Å². The van der Waals surface area contributed by atoms with Gasteiger partial charge in [0, 0.05) is 12.1 Å². The van der Waals surface area contributed by atoms with Crippen molar-refractivity contribution in [1.29, 1.82) is 0 Å². The molecule has 0 aliphatic carbocycles. The molecule has 0 atom stereocenters. The van der Waals surface area contributed by atoms with Gasteiger partial charge in [-0.1, -0.05) is 0 Å². The van der Waals surface area contributed by atoms with Gasteiger partial charge in [-0.05, 0) is 24.3 Å². The zero-order chi connectivity index (χ0) is 17.4. The van der Waals surface area contributed by atoms with Crippen molar-refractivity contribution < 1.29 is 40.9 Å². The molecule has 124 valence electrons. The van der Waals surface area contributed by atoms with Gasteiger partial charge in [-0.2, -0.15) is 16.8 Å². The molecule has 0 fully saturated rings. The third kappa shape index (κ3) is 3.47. The van der Waals surface area contributed by atoms with E-state index in [9.17, 15) is 32.2 Å². The van der Waals surface area contributed by atoms with Crippen LogP contribution >= 0.6 is 0 Å². The van der Waals surface area contributed by atoms with E-state index in [1.54, 1.807) is 0 Å². The van der Waals surface area contributed by atoms with Crippen molar-refractivity contribution in [2.75, 3.05) is 0 Å². The molecule has 0 aliphatic heterocycles. The summed E-state index contributed by atoms with van der Waals surface area (Å²) in [5.41, 5.74) is 0. The highest BCUT2D eigenvalue weighted by Crippen LogP contribution is 2.33. The van der Waals surface area contributed by atoms with Crippen LogP contribution in [0.1, 0.15) is 0 Å². The lowest BCUT2D eigenvalue weighted by Crippen LogP contribution is -2.14. The van der Waals surface area contributed by atoms with Crippen LogP contribution in [0.5, 0.6) is 23.0 Å². The van der Waals surface area contributed by atoms with Gasteiger partial charge in [0.2, 0.25) is 0 Å². The second kappa shape index (κ2) is 5.61.